The second kappa shape index (κ2) is 7.94. The van der Waals surface area contributed by atoms with Gasteiger partial charge in [-0.15, -0.1) is 0 Å². The molecular formula is C17H18BrFN2O. The van der Waals surface area contributed by atoms with Crippen LogP contribution >= 0.6 is 15.9 Å². The first kappa shape index (κ1) is 16.5. The molecule has 2 aromatic carbocycles. The molecule has 5 heteroatoms. The summed E-state index contributed by atoms with van der Waals surface area (Å²) < 4.78 is 13.6. The van der Waals surface area contributed by atoms with Gasteiger partial charge in [-0.05, 0) is 46.1 Å². The molecule has 0 bridgehead atoms. The topological polar surface area (TPSA) is 32.3 Å². The van der Waals surface area contributed by atoms with Crippen molar-refractivity contribution in [1.29, 1.82) is 0 Å². The predicted octanol–water partition coefficient (Wildman–Crippen LogP) is 5.03. The van der Waals surface area contributed by atoms with Crippen LogP contribution in [0.5, 0.6) is 0 Å². The third-order valence-corrected chi connectivity index (χ3v) is 3.83. The van der Waals surface area contributed by atoms with Gasteiger partial charge >= 0.3 is 6.03 Å². The molecule has 0 radical (unpaired) electrons. The average Bonchev–Trinajstić information content (AvgIpc) is 2.50. The molecule has 0 spiro atoms. The van der Waals surface area contributed by atoms with E-state index in [1.165, 1.54) is 12.1 Å². The fraction of sp³-hybridized carbons (Fsp3) is 0.235. The van der Waals surface area contributed by atoms with Crippen LogP contribution in [-0.4, -0.2) is 17.5 Å². The van der Waals surface area contributed by atoms with E-state index in [0.717, 1.165) is 12.0 Å². The highest BCUT2D eigenvalue weighted by molar-refractivity contribution is 9.10. The lowest BCUT2D eigenvalue weighted by Gasteiger charge is -2.23. The van der Waals surface area contributed by atoms with E-state index < -0.39 is 0 Å². The molecule has 1 N–H and O–H groups in total. The van der Waals surface area contributed by atoms with Crippen LogP contribution in [0, 0.1) is 5.82 Å². The van der Waals surface area contributed by atoms with Gasteiger partial charge in [-0.2, -0.15) is 0 Å². The van der Waals surface area contributed by atoms with Gasteiger partial charge in [0.1, 0.15) is 5.82 Å². The van der Waals surface area contributed by atoms with Crippen molar-refractivity contribution in [2.75, 3.05) is 11.9 Å². The van der Waals surface area contributed by atoms with Gasteiger partial charge in [0.05, 0.1) is 5.69 Å². The second-order valence-corrected chi connectivity index (χ2v) is 5.82. The molecule has 0 aliphatic carbocycles. The number of rotatable bonds is 5. The van der Waals surface area contributed by atoms with Crippen LogP contribution in [-0.2, 0) is 6.54 Å². The van der Waals surface area contributed by atoms with Crippen molar-refractivity contribution in [1.82, 2.24) is 4.90 Å². The molecule has 0 heterocycles. The number of urea groups is 1. The Kier molecular flexibility index (Phi) is 5.95. The van der Waals surface area contributed by atoms with E-state index in [4.69, 9.17) is 0 Å². The highest BCUT2D eigenvalue weighted by atomic mass is 79.9. The summed E-state index contributed by atoms with van der Waals surface area (Å²) in [6.07, 6.45) is 0.866. The SMILES string of the molecule is CCCN(Cc1ccccc1)C(=O)Nc1ccc(F)cc1Br. The monoisotopic (exact) mass is 364 g/mol. The lowest BCUT2D eigenvalue weighted by Crippen LogP contribution is -2.35. The molecule has 0 aliphatic heterocycles. The third-order valence-electron chi connectivity index (χ3n) is 3.17. The Hall–Kier alpha value is -1.88. The summed E-state index contributed by atoms with van der Waals surface area (Å²) in [4.78, 5) is 14.2. The molecular weight excluding hydrogens is 347 g/mol. The molecule has 22 heavy (non-hydrogen) atoms. The first-order valence-corrected chi connectivity index (χ1v) is 7.94. The highest BCUT2D eigenvalue weighted by Crippen LogP contribution is 2.23. The Morgan fingerprint density at radius 3 is 2.59 bits per heavy atom. The molecule has 0 unspecified atom stereocenters. The van der Waals surface area contributed by atoms with Crippen molar-refractivity contribution >= 4 is 27.6 Å². The first-order valence-electron chi connectivity index (χ1n) is 7.15. The largest absolute Gasteiger partial charge is 0.322 e. The van der Waals surface area contributed by atoms with E-state index in [0.29, 0.717) is 23.2 Å². The summed E-state index contributed by atoms with van der Waals surface area (Å²) in [5.74, 6) is -0.348. The number of anilines is 1. The van der Waals surface area contributed by atoms with E-state index in [1.807, 2.05) is 37.3 Å². The van der Waals surface area contributed by atoms with Crippen LogP contribution in [0.1, 0.15) is 18.9 Å². The molecule has 0 atom stereocenters. The summed E-state index contributed by atoms with van der Waals surface area (Å²) in [5, 5.41) is 2.82. The quantitative estimate of drug-likeness (QED) is 0.792. The van der Waals surface area contributed by atoms with Gasteiger partial charge in [0.25, 0.3) is 0 Å². The molecule has 0 saturated carbocycles. The van der Waals surface area contributed by atoms with Gasteiger partial charge in [0, 0.05) is 17.6 Å². The number of benzene rings is 2. The molecule has 2 amide bonds. The minimum absolute atomic E-state index is 0.196. The van der Waals surface area contributed by atoms with Gasteiger partial charge in [-0.25, -0.2) is 9.18 Å². The Balaban J connectivity index is 2.09. The van der Waals surface area contributed by atoms with E-state index in [1.54, 1.807) is 11.0 Å². The lowest BCUT2D eigenvalue weighted by molar-refractivity contribution is 0.209. The van der Waals surface area contributed by atoms with Crippen molar-refractivity contribution in [3.05, 3.63) is 64.4 Å². The molecule has 116 valence electrons. The summed E-state index contributed by atoms with van der Waals surface area (Å²) in [7, 11) is 0. The number of hydrogen-bond donors (Lipinski definition) is 1. The van der Waals surface area contributed by atoms with Crippen molar-refractivity contribution in [3.8, 4) is 0 Å². The fourth-order valence-corrected chi connectivity index (χ4v) is 2.56. The number of nitrogens with zero attached hydrogens (tertiary/aromatic N) is 1. The molecule has 0 aliphatic rings. The number of hydrogen-bond acceptors (Lipinski definition) is 1. The summed E-state index contributed by atoms with van der Waals surface area (Å²) in [6.45, 7) is 3.22. The van der Waals surface area contributed by atoms with Crippen molar-refractivity contribution < 1.29 is 9.18 Å². The van der Waals surface area contributed by atoms with Crippen LogP contribution in [0.2, 0.25) is 0 Å². The van der Waals surface area contributed by atoms with Crippen molar-refractivity contribution in [3.63, 3.8) is 0 Å². The fourth-order valence-electron chi connectivity index (χ4n) is 2.11. The first-order chi connectivity index (χ1) is 10.6. The van der Waals surface area contributed by atoms with Gasteiger partial charge in [0.2, 0.25) is 0 Å². The molecule has 0 saturated heterocycles. The number of carbonyl (C=O) groups excluding carboxylic acids is 1. The molecule has 2 rings (SSSR count). The van der Waals surface area contributed by atoms with Gasteiger partial charge in [-0.1, -0.05) is 37.3 Å². The Morgan fingerprint density at radius 2 is 1.95 bits per heavy atom. The second-order valence-electron chi connectivity index (χ2n) is 4.96. The van der Waals surface area contributed by atoms with Crippen LogP contribution in [0.3, 0.4) is 0 Å². The molecule has 2 aromatic rings. The number of halogens is 2. The average molecular weight is 365 g/mol. The lowest BCUT2D eigenvalue weighted by atomic mass is 10.2. The Bertz CT molecular complexity index is 634. The zero-order valence-electron chi connectivity index (χ0n) is 12.4. The van der Waals surface area contributed by atoms with Crippen LogP contribution in [0.4, 0.5) is 14.9 Å². The molecule has 3 nitrogen and oxygen atoms in total. The maximum absolute atomic E-state index is 13.1. The summed E-state index contributed by atoms with van der Waals surface area (Å²) in [6, 6.07) is 13.8. The number of carbonyl (C=O) groups is 1. The normalized spacial score (nSPS) is 10.3. The van der Waals surface area contributed by atoms with Crippen molar-refractivity contribution in [2.24, 2.45) is 0 Å². The standard InChI is InChI=1S/C17H18BrFN2O/c1-2-10-21(12-13-6-4-3-5-7-13)17(22)20-16-9-8-14(19)11-15(16)18/h3-9,11H,2,10,12H2,1H3,(H,20,22). The Morgan fingerprint density at radius 1 is 1.23 bits per heavy atom. The predicted molar refractivity (Wildman–Crippen MR) is 90.3 cm³/mol. The van der Waals surface area contributed by atoms with Crippen LogP contribution in [0.25, 0.3) is 0 Å². The number of nitrogens with one attached hydrogen (secondary N) is 1. The highest BCUT2D eigenvalue weighted by Gasteiger charge is 2.14. The van der Waals surface area contributed by atoms with E-state index in [2.05, 4.69) is 21.2 Å². The van der Waals surface area contributed by atoms with E-state index >= 15 is 0 Å². The van der Waals surface area contributed by atoms with E-state index in [9.17, 15) is 9.18 Å². The third kappa shape index (κ3) is 4.56. The van der Waals surface area contributed by atoms with Crippen LogP contribution < -0.4 is 5.32 Å². The zero-order chi connectivity index (χ0) is 15.9. The van der Waals surface area contributed by atoms with Gasteiger partial charge < -0.3 is 10.2 Å². The zero-order valence-corrected chi connectivity index (χ0v) is 13.9. The number of amides is 2. The molecule has 0 fully saturated rings. The van der Waals surface area contributed by atoms with Crippen molar-refractivity contribution in [2.45, 2.75) is 19.9 Å². The maximum atomic E-state index is 13.1. The summed E-state index contributed by atoms with van der Waals surface area (Å²) >= 11 is 3.26. The van der Waals surface area contributed by atoms with Gasteiger partial charge in [0.15, 0.2) is 0 Å². The Labute approximate surface area is 138 Å². The summed E-state index contributed by atoms with van der Waals surface area (Å²) in [5.41, 5.74) is 1.63. The van der Waals surface area contributed by atoms with Crippen LogP contribution in [0.15, 0.2) is 53.0 Å². The minimum atomic E-state index is -0.348. The minimum Gasteiger partial charge on any atom is -0.320 e. The smallest absolute Gasteiger partial charge is 0.320 e. The maximum Gasteiger partial charge on any atom is 0.322 e. The van der Waals surface area contributed by atoms with E-state index in [-0.39, 0.29) is 11.8 Å². The van der Waals surface area contributed by atoms with Gasteiger partial charge in [-0.3, -0.25) is 0 Å². The molecule has 0 aromatic heterocycles.